The Morgan fingerprint density at radius 1 is 1.31 bits per heavy atom. The van der Waals surface area contributed by atoms with Gasteiger partial charge >= 0.3 is 0 Å². The van der Waals surface area contributed by atoms with Crippen molar-refractivity contribution in [2.24, 2.45) is 0 Å². The minimum atomic E-state index is 0.655. The SMILES string of the molecule is COc1ccc(Cl)cc1-c1ccc(C#N)s1. The fourth-order valence-corrected chi connectivity index (χ4v) is 2.41. The van der Waals surface area contributed by atoms with Gasteiger partial charge in [0, 0.05) is 15.5 Å². The summed E-state index contributed by atoms with van der Waals surface area (Å²) in [6.45, 7) is 0. The second-order valence-corrected chi connectivity index (χ2v) is 4.64. The summed E-state index contributed by atoms with van der Waals surface area (Å²) >= 11 is 7.37. The summed E-state index contributed by atoms with van der Waals surface area (Å²) in [4.78, 5) is 1.66. The summed E-state index contributed by atoms with van der Waals surface area (Å²) < 4.78 is 5.26. The van der Waals surface area contributed by atoms with Gasteiger partial charge in [-0.05, 0) is 30.3 Å². The highest BCUT2D eigenvalue weighted by atomic mass is 35.5. The monoisotopic (exact) mass is 249 g/mol. The summed E-state index contributed by atoms with van der Waals surface area (Å²) in [5.74, 6) is 0.760. The Morgan fingerprint density at radius 3 is 2.75 bits per heavy atom. The molecule has 80 valence electrons. The molecule has 0 unspecified atom stereocenters. The Morgan fingerprint density at radius 2 is 2.12 bits per heavy atom. The van der Waals surface area contributed by atoms with Crippen LogP contribution in [0, 0.1) is 11.3 Å². The van der Waals surface area contributed by atoms with E-state index >= 15 is 0 Å². The largest absolute Gasteiger partial charge is 0.496 e. The molecule has 1 aromatic carbocycles. The molecule has 1 aromatic heterocycles. The number of ether oxygens (including phenoxy) is 1. The van der Waals surface area contributed by atoms with Crippen molar-refractivity contribution in [3.05, 3.63) is 40.2 Å². The van der Waals surface area contributed by atoms with E-state index in [1.165, 1.54) is 11.3 Å². The van der Waals surface area contributed by atoms with Crippen LogP contribution in [-0.4, -0.2) is 7.11 Å². The van der Waals surface area contributed by atoms with Crippen LogP contribution in [0.1, 0.15) is 4.88 Å². The summed E-state index contributed by atoms with van der Waals surface area (Å²) in [7, 11) is 1.62. The third-order valence-electron chi connectivity index (χ3n) is 2.14. The van der Waals surface area contributed by atoms with E-state index in [0.717, 1.165) is 16.2 Å². The number of hydrogen-bond acceptors (Lipinski definition) is 3. The van der Waals surface area contributed by atoms with Crippen LogP contribution in [0.15, 0.2) is 30.3 Å². The first-order chi connectivity index (χ1) is 7.74. The predicted molar refractivity (Wildman–Crippen MR) is 66.0 cm³/mol. The number of halogens is 1. The fourth-order valence-electron chi connectivity index (χ4n) is 1.42. The van der Waals surface area contributed by atoms with Crippen LogP contribution in [0.4, 0.5) is 0 Å². The van der Waals surface area contributed by atoms with Gasteiger partial charge in [0.2, 0.25) is 0 Å². The minimum Gasteiger partial charge on any atom is -0.496 e. The number of nitrogens with zero attached hydrogens (tertiary/aromatic N) is 1. The Bertz CT molecular complexity index is 556. The van der Waals surface area contributed by atoms with Crippen LogP contribution in [-0.2, 0) is 0 Å². The number of thiophene rings is 1. The molecule has 0 aliphatic carbocycles. The first-order valence-corrected chi connectivity index (χ1v) is 5.78. The Hall–Kier alpha value is -1.50. The van der Waals surface area contributed by atoms with E-state index in [4.69, 9.17) is 21.6 Å². The molecule has 0 amide bonds. The van der Waals surface area contributed by atoms with Crippen molar-refractivity contribution in [3.63, 3.8) is 0 Å². The highest BCUT2D eigenvalue weighted by Crippen LogP contribution is 2.36. The van der Waals surface area contributed by atoms with Gasteiger partial charge in [-0.2, -0.15) is 5.26 Å². The lowest BCUT2D eigenvalue weighted by molar-refractivity contribution is 0.416. The van der Waals surface area contributed by atoms with E-state index in [1.807, 2.05) is 18.2 Å². The molecule has 0 atom stereocenters. The summed E-state index contributed by atoms with van der Waals surface area (Å²) in [5, 5.41) is 9.44. The molecule has 2 aromatic rings. The topological polar surface area (TPSA) is 33.0 Å². The molecule has 0 saturated carbocycles. The van der Waals surface area contributed by atoms with Gasteiger partial charge in [-0.25, -0.2) is 0 Å². The lowest BCUT2D eigenvalue weighted by Crippen LogP contribution is -1.85. The molecule has 1 heterocycles. The van der Waals surface area contributed by atoms with Crippen molar-refractivity contribution in [2.45, 2.75) is 0 Å². The zero-order valence-corrected chi connectivity index (χ0v) is 10.1. The first kappa shape index (κ1) is 11.0. The molecule has 0 fully saturated rings. The fraction of sp³-hybridized carbons (Fsp3) is 0.0833. The molecular weight excluding hydrogens is 242 g/mol. The third kappa shape index (κ3) is 2.04. The van der Waals surface area contributed by atoms with E-state index in [2.05, 4.69) is 6.07 Å². The number of benzene rings is 1. The van der Waals surface area contributed by atoms with Gasteiger partial charge in [-0.3, -0.25) is 0 Å². The Balaban J connectivity index is 2.54. The molecule has 0 bridgehead atoms. The second-order valence-electron chi connectivity index (χ2n) is 3.12. The van der Waals surface area contributed by atoms with Crippen LogP contribution >= 0.6 is 22.9 Å². The van der Waals surface area contributed by atoms with Gasteiger partial charge in [0.15, 0.2) is 0 Å². The number of nitriles is 1. The van der Waals surface area contributed by atoms with Gasteiger partial charge in [0.25, 0.3) is 0 Å². The van der Waals surface area contributed by atoms with Gasteiger partial charge in [-0.15, -0.1) is 11.3 Å². The van der Waals surface area contributed by atoms with E-state index in [1.54, 1.807) is 19.2 Å². The average Bonchev–Trinajstić information content (AvgIpc) is 2.77. The predicted octanol–water partition coefficient (Wildman–Crippen LogP) is 3.95. The second kappa shape index (κ2) is 4.56. The maximum atomic E-state index is 8.78. The van der Waals surface area contributed by atoms with E-state index in [-0.39, 0.29) is 0 Å². The molecule has 0 aliphatic rings. The maximum Gasteiger partial charge on any atom is 0.127 e. The molecule has 16 heavy (non-hydrogen) atoms. The van der Waals surface area contributed by atoms with Crippen LogP contribution in [0.3, 0.4) is 0 Å². The number of methoxy groups -OCH3 is 1. The van der Waals surface area contributed by atoms with Crippen LogP contribution in [0.2, 0.25) is 5.02 Å². The van der Waals surface area contributed by atoms with E-state index < -0.39 is 0 Å². The van der Waals surface area contributed by atoms with Crippen molar-refractivity contribution in [1.82, 2.24) is 0 Å². The standard InChI is InChI=1S/C12H8ClNOS/c1-15-11-4-2-8(13)6-10(11)12-5-3-9(7-14)16-12/h2-6H,1H3. The van der Waals surface area contributed by atoms with Crippen LogP contribution in [0.25, 0.3) is 10.4 Å². The zero-order valence-electron chi connectivity index (χ0n) is 8.53. The molecule has 2 rings (SSSR count). The Labute approximate surface area is 103 Å². The summed E-state index contributed by atoms with van der Waals surface area (Å²) in [6.07, 6.45) is 0. The highest BCUT2D eigenvalue weighted by Gasteiger charge is 2.09. The number of hydrogen-bond donors (Lipinski definition) is 0. The summed E-state index contributed by atoms with van der Waals surface area (Å²) in [6, 6.07) is 11.3. The quantitative estimate of drug-likeness (QED) is 0.807. The minimum absolute atomic E-state index is 0.655. The molecule has 4 heteroatoms. The molecule has 2 nitrogen and oxygen atoms in total. The zero-order chi connectivity index (χ0) is 11.5. The van der Waals surface area contributed by atoms with Crippen molar-refractivity contribution >= 4 is 22.9 Å². The molecule has 0 saturated heterocycles. The highest BCUT2D eigenvalue weighted by molar-refractivity contribution is 7.16. The summed E-state index contributed by atoms with van der Waals surface area (Å²) in [5.41, 5.74) is 0.918. The van der Waals surface area contributed by atoms with Crippen LogP contribution < -0.4 is 4.74 Å². The van der Waals surface area contributed by atoms with Crippen molar-refractivity contribution in [1.29, 1.82) is 5.26 Å². The van der Waals surface area contributed by atoms with Crippen LogP contribution in [0.5, 0.6) is 5.75 Å². The van der Waals surface area contributed by atoms with Crippen molar-refractivity contribution < 1.29 is 4.74 Å². The third-order valence-corrected chi connectivity index (χ3v) is 3.40. The lowest BCUT2D eigenvalue weighted by atomic mass is 10.1. The van der Waals surface area contributed by atoms with Gasteiger partial charge in [-0.1, -0.05) is 11.6 Å². The Kier molecular flexibility index (Phi) is 3.14. The van der Waals surface area contributed by atoms with Gasteiger partial charge in [0.05, 0.1) is 7.11 Å². The lowest BCUT2D eigenvalue weighted by Gasteiger charge is -2.06. The van der Waals surface area contributed by atoms with E-state index in [0.29, 0.717) is 9.90 Å². The van der Waals surface area contributed by atoms with Crippen molar-refractivity contribution in [2.75, 3.05) is 7.11 Å². The van der Waals surface area contributed by atoms with Gasteiger partial charge in [0.1, 0.15) is 16.7 Å². The average molecular weight is 250 g/mol. The van der Waals surface area contributed by atoms with Crippen molar-refractivity contribution in [3.8, 4) is 22.3 Å². The molecular formula is C12H8ClNOS. The molecule has 0 radical (unpaired) electrons. The van der Waals surface area contributed by atoms with Gasteiger partial charge < -0.3 is 4.74 Å². The first-order valence-electron chi connectivity index (χ1n) is 4.58. The molecule has 0 spiro atoms. The molecule has 0 N–H and O–H groups in total. The maximum absolute atomic E-state index is 8.78. The van der Waals surface area contributed by atoms with E-state index in [9.17, 15) is 0 Å². The number of rotatable bonds is 2. The smallest absolute Gasteiger partial charge is 0.127 e. The normalized spacial score (nSPS) is 9.81. The molecule has 0 aliphatic heterocycles.